The fourth-order valence-corrected chi connectivity index (χ4v) is 1.21. The molecule has 0 aromatic carbocycles. The molecule has 0 aliphatic heterocycles. The van der Waals surface area contributed by atoms with E-state index in [0.29, 0.717) is 0 Å². The number of halogens is 1. The van der Waals surface area contributed by atoms with Crippen molar-refractivity contribution < 1.29 is 14.3 Å². The molecule has 0 aliphatic rings. The number of carbonyl (C=O) groups is 2. The highest BCUT2D eigenvalue weighted by Gasteiger charge is 2.19. The van der Waals surface area contributed by atoms with E-state index < -0.39 is 17.6 Å². The molecule has 0 atom stereocenters. The molecule has 0 bridgehead atoms. The summed E-state index contributed by atoms with van der Waals surface area (Å²) in [4.78, 5) is 30.4. The van der Waals surface area contributed by atoms with Gasteiger partial charge in [0.2, 0.25) is 0 Å². The Morgan fingerprint density at radius 2 is 1.75 bits per heavy atom. The van der Waals surface area contributed by atoms with E-state index in [4.69, 9.17) is 27.8 Å². The largest absolute Gasteiger partial charge is 0.443 e. The molecule has 0 saturated heterocycles. The van der Waals surface area contributed by atoms with Crippen LogP contribution in [0.3, 0.4) is 0 Å². The van der Waals surface area contributed by atoms with Crippen molar-refractivity contribution in [2.24, 2.45) is 0 Å². The Kier molecular flexibility index (Phi) is 4.56. The summed E-state index contributed by atoms with van der Waals surface area (Å²) in [5.74, 6) is -1.11. The molecule has 1 aromatic heterocycles. The molecular weight excluding hydrogens is 288 g/mol. The number of hydrazine groups is 1. The molecule has 20 heavy (non-hydrogen) atoms. The lowest BCUT2D eigenvalue weighted by molar-refractivity contribution is 0.0483. The first kappa shape index (κ1) is 15.8. The van der Waals surface area contributed by atoms with Crippen LogP contribution in [0.4, 0.5) is 16.4 Å². The summed E-state index contributed by atoms with van der Waals surface area (Å²) in [6.07, 6.45) is -0.834. The number of hydrogen-bond donors (Lipinski definition) is 4. The number of ether oxygens (including phenoxy) is 1. The van der Waals surface area contributed by atoms with Gasteiger partial charge in [-0.1, -0.05) is 11.6 Å². The second-order valence-corrected chi connectivity index (χ2v) is 5.07. The minimum atomic E-state index is -0.834. The first-order valence-electron chi connectivity index (χ1n) is 5.48. The molecule has 1 heterocycles. The first-order chi connectivity index (χ1) is 9.10. The third-order valence-electron chi connectivity index (χ3n) is 1.80. The molecule has 0 saturated carbocycles. The predicted molar refractivity (Wildman–Crippen MR) is 72.7 cm³/mol. The van der Waals surface area contributed by atoms with Crippen molar-refractivity contribution in [3.05, 3.63) is 10.8 Å². The van der Waals surface area contributed by atoms with Gasteiger partial charge in [-0.3, -0.25) is 10.2 Å². The molecule has 6 N–H and O–H groups in total. The Balaban J connectivity index is 2.69. The standard InChI is InChI=1S/C10H15ClN6O3/c1-10(2,3)20-9(19)17-16-8(18)4-6(12)15-7(13)5(11)14-4/h1-3H3,(H,16,18)(H,17,19)(H4,12,13,15). The van der Waals surface area contributed by atoms with Crippen LogP contribution >= 0.6 is 11.6 Å². The van der Waals surface area contributed by atoms with Gasteiger partial charge in [0.25, 0.3) is 5.91 Å². The fourth-order valence-electron chi connectivity index (χ4n) is 1.08. The highest BCUT2D eigenvalue weighted by Crippen LogP contribution is 2.16. The van der Waals surface area contributed by atoms with Crippen molar-refractivity contribution in [2.45, 2.75) is 26.4 Å². The normalized spacial score (nSPS) is 10.8. The maximum Gasteiger partial charge on any atom is 0.426 e. The highest BCUT2D eigenvalue weighted by atomic mass is 35.5. The summed E-state index contributed by atoms with van der Waals surface area (Å²) in [5.41, 5.74) is 14.0. The van der Waals surface area contributed by atoms with Crippen LogP contribution in [0.2, 0.25) is 5.15 Å². The topological polar surface area (TPSA) is 145 Å². The van der Waals surface area contributed by atoms with Gasteiger partial charge in [0.1, 0.15) is 5.60 Å². The number of anilines is 2. The smallest absolute Gasteiger partial charge is 0.426 e. The molecule has 0 spiro atoms. The number of nitrogens with one attached hydrogen (secondary N) is 2. The molecule has 10 heteroatoms. The predicted octanol–water partition coefficient (Wildman–Crippen LogP) is 0.464. The van der Waals surface area contributed by atoms with Crippen molar-refractivity contribution >= 4 is 35.2 Å². The Morgan fingerprint density at radius 1 is 1.15 bits per heavy atom. The summed E-state index contributed by atoms with van der Waals surface area (Å²) in [6, 6.07) is 0. The van der Waals surface area contributed by atoms with Crippen molar-refractivity contribution in [1.29, 1.82) is 0 Å². The van der Waals surface area contributed by atoms with Crippen LogP contribution in [-0.2, 0) is 4.74 Å². The molecule has 0 radical (unpaired) electrons. The van der Waals surface area contributed by atoms with E-state index in [1.807, 2.05) is 5.43 Å². The lowest BCUT2D eigenvalue weighted by atomic mass is 10.2. The van der Waals surface area contributed by atoms with Crippen LogP contribution < -0.4 is 22.3 Å². The van der Waals surface area contributed by atoms with Crippen LogP contribution in [0.1, 0.15) is 31.3 Å². The SMILES string of the molecule is CC(C)(C)OC(=O)NNC(=O)c1nc(Cl)c(N)nc1N. The summed E-state index contributed by atoms with van der Waals surface area (Å²) in [6.45, 7) is 5.03. The van der Waals surface area contributed by atoms with Gasteiger partial charge < -0.3 is 16.2 Å². The van der Waals surface area contributed by atoms with Gasteiger partial charge in [0.05, 0.1) is 0 Å². The summed E-state index contributed by atoms with van der Waals surface area (Å²) >= 11 is 5.63. The average molecular weight is 303 g/mol. The van der Waals surface area contributed by atoms with E-state index in [9.17, 15) is 9.59 Å². The maximum absolute atomic E-state index is 11.7. The van der Waals surface area contributed by atoms with Crippen LogP contribution in [0, 0.1) is 0 Å². The maximum atomic E-state index is 11.7. The number of amides is 2. The van der Waals surface area contributed by atoms with Crippen LogP contribution in [0.25, 0.3) is 0 Å². The molecule has 1 aromatic rings. The van der Waals surface area contributed by atoms with E-state index in [1.165, 1.54) is 0 Å². The first-order valence-corrected chi connectivity index (χ1v) is 5.86. The lowest BCUT2D eigenvalue weighted by Gasteiger charge is -2.19. The van der Waals surface area contributed by atoms with Gasteiger partial charge in [-0.05, 0) is 20.8 Å². The van der Waals surface area contributed by atoms with Crippen LogP contribution in [0.5, 0.6) is 0 Å². The molecule has 1 rings (SSSR count). The Labute approximate surface area is 120 Å². The molecule has 2 amide bonds. The zero-order chi connectivity index (χ0) is 15.5. The number of hydrogen-bond acceptors (Lipinski definition) is 7. The number of carbonyl (C=O) groups excluding carboxylic acids is 2. The Bertz CT molecular complexity index is 543. The molecule has 0 aliphatic carbocycles. The van der Waals surface area contributed by atoms with Gasteiger partial charge in [-0.15, -0.1) is 0 Å². The van der Waals surface area contributed by atoms with Crippen molar-refractivity contribution in [2.75, 3.05) is 11.5 Å². The van der Waals surface area contributed by atoms with E-state index in [0.717, 1.165) is 0 Å². The zero-order valence-electron chi connectivity index (χ0n) is 11.2. The monoisotopic (exact) mass is 302 g/mol. The third-order valence-corrected chi connectivity index (χ3v) is 2.08. The minimum absolute atomic E-state index is 0.0965. The number of nitrogens with two attached hydrogens (primary N) is 2. The van der Waals surface area contributed by atoms with Gasteiger partial charge in [-0.2, -0.15) is 0 Å². The van der Waals surface area contributed by atoms with Gasteiger partial charge in [0.15, 0.2) is 22.5 Å². The highest BCUT2D eigenvalue weighted by molar-refractivity contribution is 6.31. The molecule has 110 valence electrons. The number of nitrogens with zero attached hydrogens (tertiary/aromatic N) is 2. The second kappa shape index (κ2) is 5.78. The summed E-state index contributed by atoms with van der Waals surface area (Å²) < 4.78 is 4.92. The summed E-state index contributed by atoms with van der Waals surface area (Å²) in [7, 11) is 0. The van der Waals surface area contributed by atoms with Gasteiger partial charge >= 0.3 is 6.09 Å². The van der Waals surface area contributed by atoms with E-state index >= 15 is 0 Å². The van der Waals surface area contributed by atoms with Crippen molar-refractivity contribution in [1.82, 2.24) is 20.8 Å². The average Bonchev–Trinajstić information content (AvgIpc) is 2.28. The Hall–Kier alpha value is -2.29. The zero-order valence-corrected chi connectivity index (χ0v) is 11.9. The fraction of sp³-hybridized carbons (Fsp3) is 0.400. The number of rotatable bonds is 1. The number of nitrogen functional groups attached to an aromatic ring is 2. The minimum Gasteiger partial charge on any atom is -0.443 e. The summed E-state index contributed by atoms with van der Waals surface area (Å²) in [5, 5.41) is -0.165. The van der Waals surface area contributed by atoms with Crippen molar-refractivity contribution in [3.8, 4) is 0 Å². The van der Waals surface area contributed by atoms with E-state index in [-0.39, 0.29) is 22.5 Å². The van der Waals surface area contributed by atoms with Crippen LogP contribution in [-0.4, -0.2) is 27.6 Å². The van der Waals surface area contributed by atoms with Crippen LogP contribution in [0.15, 0.2) is 0 Å². The molecule has 9 nitrogen and oxygen atoms in total. The second-order valence-electron chi connectivity index (χ2n) is 4.71. The molecule has 0 fully saturated rings. The quantitative estimate of drug-likeness (QED) is 0.551. The molecular formula is C10H15ClN6O3. The van der Waals surface area contributed by atoms with E-state index in [1.54, 1.807) is 20.8 Å². The third kappa shape index (κ3) is 4.43. The number of aromatic nitrogens is 2. The molecule has 0 unspecified atom stereocenters. The van der Waals surface area contributed by atoms with E-state index in [2.05, 4.69) is 15.4 Å². The van der Waals surface area contributed by atoms with Crippen molar-refractivity contribution in [3.63, 3.8) is 0 Å². The lowest BCUT2D eigenvalue weighted by Crippen LogP contribution is -2.44. The Morgan fingerprint density at radius 3 is 2.30 bits per heavy atom. The van der Waals surface area contributed by atoms with Gasteiger partial charge in [-0.25, -0.2) is 20.2 Å². The van der Waals surface area contributed by atoms with Gasteiger partial charge in [0, 0.05) is 0 Å².